The number of carbonyl (C=O) groups excluding carboxylic acids is 2. The van der Waals surface area contributed by atoms with Crippen LogP contribution in [0.25, 0.3) is 0 Å². The predicted molar refractivity (Wildman–Crippen MR) is 113 cm³/mol. The Morgan fingerprint density at radius 2 is 1.85 bits per heavy atom. The van der Waals surface area contributed by atoms with Gasteiger partial charge in [0.05, 0.1) is 19.8 Å². The lowest BCUT2D eigenvalue weighted by molar-refractivity contribution is -0.287. The molecule has 3 N–H and O–H groups in total. The Balaban J connectivity index is 2.13. The molecule has 2 aromatic carbocycles. The SMILES string of the molecule is CCCOc1ccc(C2NC(=O)NC(O)(C(F)(F)F)C2C(=O)c2ccc(Cl)cc2)cc1OC. The van der Waals surface area contributed by atoms with Gasteiger partial charge in [-0.3, -0.25) is 4.79 Å². The summed E-state index contributed by atoms with van der Waals surface area (Å²) >= 11 is 5.82. The maximum atomic E-state index is 14.0. The van der Waals surface area contributed by atoms with Gasteiger partial charge in [-0.25, -0.2) is 4.79 Å². The first-order chi connectivity index (χ1) is 15.5. The lowest BCUT2D eigenvalue weighted by Crippen LogP contribution is -2.72. The summed E-state index contributed by atoms with van der Waals surface area (Å²) in [5.41, 5.74) is -3.84. The Labute approximate surface area is 192 Å². The van der Waals surface area contributed by atoms with Crippen LogP contribution in [0, 0.1) is 5.92 Å². The van der Waals surface area contributed by atoms with E-state index in [-0.39, 0.29) is 21.9 Å². The molecule has 1 aliphatic heterocycles. The summed E-state index contributed by atoms with van der Waals surface area (Å²) < 4.78 is 52.9. The molecule has 1 heterocycles. The molecule has 1 fully saturated rings. The van der Waals surface area contributed by atoms with Crippen molar-refractivity contribution in [3.63, 3.8) is 0 Å². The van der Waals surface area contributed by atoms with Crippen LogP contribution in [0.4, 0.5) is 18.0 Å². The molecule has 2 aromatic rings. The smallest absolute Gasteiger partial charge is 0.437 e. The fraction of sp³-hybridized carbons (Fsp3) is 0.364. The summed E-state index contributed by atoms with van der Waals surface area (Å²) in [6.45, 7) is 2.28. The number of Topliss-reactive ketones (excluding diaryl/α,β-unsaturated/α-hetero) is 1. The monoisotopic (exact) mass is 486 g/mol. The zero-order valence-electron chi connectivity index (χ0n) is 17.7. The molecule has 0 spiro atoms. The number of rotatable bonds is 7. The zero-order chi connectivity index (χ0) is 24.4. The fourth-order valence-corrected chi connectivity index (χ4v) is 3.75. The van der Waals surface area contributed by atoms with E-state index >= 15 is 0 Å². The molecule has 3 rings (SSSR count). The number of alkyl halides is 3. The highest BCUT2D eigenvalue weighted by atomic mass is 35.5. The van der Waals surface area contributed by atoms with Crippen molar-refractivity contribution in [1.82, 2.24) is 10.6 Å². The van der Waals surface area contributed by atoms with E-state index in [2.05, 4.69) is 5.32 Å². The lowest BCUT2D eigenvalue weighted by atomic mass is 9.77. The molecule has 33 heavy (non-hydrogen) atoms. The number of halogens is 4. The van der Waals surface area contributed by atoms with Gasteiger partial charge in [-0.15, -0.1) is 0 Å². The molecule has 0 saturated carbocycles. The summed E-state index contributed by atoms with van der Waals surface area (Å²) in [6, 6.07) is 6.58. The highest BCUT2D eigenvalue weighted by Crippen LogP contribution is 2.45. The van der Waals surface area contributed by atoms with Gasteiger partial charge >= 0.3 is 12.2 Å². The average Bonchev–Trinajstić information content (AvgIpc) is 2.76. The second-order valence-corrected chi connectivity index (χ2v) is 7.88. The minimum absolute atomic E-state index is 0.112. The molecule has 0 aromatic heterocycles. The maximum Gasteiger partial charge on any atom is 0.437 e. The number of hydrogen-bond donors (Lipinski definition) is 3. The number of nitrogens with one attached hydrogen (secondary N) is 2. The Morgan fingerprint density at radius 1 is 1.18 bits per heavy atom. The van der Waals surface area contributed by atoms with E-state index in [1.807, 2.05) is 6.92 Å². The van der Waals surface area contributed by atoms with E-state index in [9.17, 15) is 27.9 Å². The summed E-state index contributed by atoms with van der Waals surface area (Å²) in [5.74, 6) is -2.67. The second-order valence-electron chi connectivity index (χ2n) is 7.45. The Kier molecular flexibility index (Phi) is 7.08. The average molecular weight is 487 g/mol. The molecule has 2 amide bonds. The topological polar surface area (TPSA) is 96.9 Å². The molecular formula is C22H22ClF3N2O5. The first-order valence-electron chi connectivity index (χ1n) is 10.00. The van der Waals surface area contributed by atoms with Crippen molar-refractivity contribution in [3.8, 4) is 11.5 Å². The number of amides is 2. The van der Waals surface area contributed by atoms with Crippen molar-refractivity contribution in [2.75, 3.05) is 13.7 Å². The first kappa shape index (κ1) is 24.7. The number of ketones is 1. The minimum atomic E-state index is -5.36. The highest BCUT2D eigenvalue weighted by molar-refractivity contribution is 6.30. The van der Waals surface area contributed by atoms with Crippen LogP contribution in [-0.4, -0.2) is 42.5 Å². The molecule has 1 aliphatic rings. The van der Waals surface area contributed by atoms with Crippen LogP contribution >= 0.6 is 11.6 Å². The van der Waals surface area contributed by atoms with Gasteiger partial charge in [0.15, 0.2) is 17.3 Å². The third-order valence-corrected chi connectivity index (χ3v) is 5.48. The van der Waals surface area contributed by atoms with Gasteiger partial charge in [-0.05, 0) is 48.4 Å². The molecule has 3 unspecified atom stereocenters. The first-order valence-corrected chi connectivity index (χ1v) is 10.4. The van der Waals surface area contributed by atoms with Gasteiger partial charge in [0.25, 0.3) is 0 Å². The van der Waals surface area contributed by atoms with Crippen molar-refractivity contribution in [3.05, 3.63) is 58.6 Å². The Bertz CT molecular complexity index is 1030. The molecule has 11 heteroatoms. The van der Waals surface area contributed by atoms with E-state index < -0.39 is 35.7 Å². The van der Waals surface area contributed by atoms with E-state index in [0.717, 1.165) is 0 Å². The largest absolute Gasteiger partial charge is 0.493 e. The number of ether oxygens (including phenoxy) is 2. The van der Waals surface area contributed by atoms with E-state index in [1.165, 1.54) is 54.9 Å². The van der Waals surface area contributed by atoms with Gasteiger partial charge in [0, 0.05) is 10.6 Å². The fourth-order valence-electron chi connectivity index (χ4n) is 3.62. The number of carbonyl (C=O) groups is 2. The number of urea groups is 1. The van der Waals surface area contributed by atoms with Gasteiger partial charge in [-0.2, -0.15) is 13.2 Å². The Morgan fingerprint density at radius 3 is 2.42 bits per heavy atom. The number of hydrogen-bond acceptors (Lipinski definition) is 5. The van der Waals surface area contributed by atoms with Crippen LogP contribution in [0.5, 0.6) is 11.5 Å². The van der Waals surface area contributed by atoms with Crippen molar-refractivity contribution in [2.24, 2.45) is 5.92 Å². The van der Waals surface area contributed by atoms with Crippen molar-refractivity contribution >= 4 is 23.4 Å². The number of aliphatic hydroxyl groups is 1. The standard InChI is InChI=1S/C22H22ClF3N2O5/c1-3-10-33-15-9-6-13(11-16(15)32-2)18-17(19(29)12-4-7-14(23)8-5-12)21(31,22(24,25)26)28-20(30)27-18/h4-9,11,17-18,31H,3,10H2,1-2H3,(H2,27,28,30). The van der Waals surface area contributed by atoms with Gasteiger partial charge in [-0.1, -0.05) is 24.6 Å². The number of methoxy groups -OCH3 is 1. The molecule has 0 aliphatic carbocycles. The van der Waals surface area contributed by atoms with Crippen LogP contribution < -0.4 is 20.1 Å². The maximum absolute atomic E-state index is 14.0. The zero-order valence-corrected chi connectivity index (χ0v) is 18.5. The van der Waals surface area contributed by atoms with Gasteiger partial charge in [0.1, 0.15) is 5.92 Å². The van der Waals surface area contributed by atoms with Crippen LogP contribution in [0.3, 0.4) is 0 Å². The van der Waals surface area contributed by atoms with E-state index in [4.69, 9.17) is 21.1 Å². The molecule has 3 atom stereocenters. The number of benzene rings is 2. The molecule has 0 bridgehead atoms. The van der Waals surface area contributed by atoms with E-state index in [0.29, 0.717) is 18.8 Å². The molecule has 178 valence electrons. The predicted octanol–water partition coefficient (Wildman–Crippen LogP) is 4.24. The van der Waals surface area contributed by atoms with Crippen LogP contribution in [0.15, 0.2) is 42.5 Å². The third-order valence-electron chi connectivity index (χ3n) is 5.23. The lowest BCUT2D eigenvalue weighted by Gasteiger charge is -2.45. The molecule has 7 nitrogen and oxygen atoms in total. The highest BCUT2D eigenvalue weighted by Gasteiger charge is 2.66. The van der Waals surface area contributed by atoms with Crippen LogP contribution in [0.1, 0.15) is 35.3 Å². The van der Waals surface area contributed by atoms with Crippen LogP contribution in [0.2, 0.25) is 5.02 Å². The Hall–Kier alpha value is -2.98. The molecule has 1 saturated heterocycles. The second kappa shape index (κ2) is 9.48. The van der Waals surface area contributed by atoms with Crippen molar-refractivity contribution in [1.29, 1.82) is 0 Å². The van der Waals surface area contributed by atoms with Crippen LogP contribution in [-0.2, 0) is 0 Å². The molecular weight excluding hydrogens is 465 g/mol. The van der Waals surface area contributed by atoms with Crippen molar-refractivity contribution in [2.45, 2.75) is 31.3 Å². The summed E-state index contributed by atoms with van der Waals surface area (Å²) in [5, 5.41) is 14.8. The minimum Gasteiger partial charge on any atom is -0.493 e. The summed E-state index contributed by atoms with van der Waals surface area (Å²) in [6.07, 6.45) is -4.64. The van der Waals surface area contributed by atoms with Gasteiger partial charge < -0.3 is 25.2 Å². The summed E-state index contributed by atoms with van der Waals surface area (Å²) in [4.78, 5) is 25.4. The quantitative estimate of drug-likeness (QED) is 0.509. The van der Waals surface area contributed by atoms with E-state index in [1.54, 1.807) is 0 Å². The molecule has 0 radical (unpaired) electrons. The van der Waals surface area contributed by atoms with Crippen molar-refractivity contribution < 1.29 is 37.3 Å². The normalized spacial score (nSPS) is 22.8. The third kappa shape index (κ3) is 4.86. The summed E-state index contributed by atoms with van der Waals surface area (Å²) in [7, 11) is 1.35. The van der Waals surface area contributed by atoms with Gasteiger partial charge in [0.2, 0.25) is 5.72 Å².